The van der Waals surface area contributed by atoms with Crippen LogP contribution in [0.25, 0.3) is 0 Å². The van der Waals surface area contributed by atoms with Crippen molar-refractivity contribution < 1.29 is 0 Å². The van der Waals surface area contributed by atoms with Crippen LogP contribution in [0.5, 0.6) is 0 Å². The summed E-state index contributed by atoms with van der Waals surface area (Å²) in [6.07, 6.45) is 0. The first kappa shape index (κ1) is 12.4. The molecule has 0 atom stereocenters. The van der Waals surface area contributed by atoms with Crippen LogP contribution in [0, 0.1) is 11.3 Å². The van der Waals surface area contributed by atoms with Crippen molar-refractivity contribution in [2.45, 2.75) is 6.54 Å². The second kappa shape index (κ2) is 5.50. The molecule has 0 unspecified atom stereocenters. The summed E-state index contributed by atoms with van der Waals surface area (Å²) in [5, 5.41) is 13.0. The third kappa shape index (κ3) is 2.97. The predicted octanol–water partition coefficient (Wildman–Crippen LogP) is 4.04. The van der Waals surface area contributed by atoms with E-state index >= 15 is 0 Å². The van der Waals surface area contributed by atoms with E-state index in [1.807, 2.05) is 30.3 Å². The predicted molar refractivity (Wildman–Crippen MR) is 73.3 cm³/mol. The first-order valence-corrected chi connectivity index (χ1v) is 6.68. The van der Waals surface area contributed by atoms with Crippen LogP contribution in [0.1, 0.15) is 11.1 Å². The van der Waals surface area contributed by atoms with E-state index in [9.17, 15) is 0 Å². The van der Waals surface area contributed by atoms with Gasteiger partial charge in [0.1, 0.15) is 16.6 Å². The number of nitrogens with one attached hydrogen (secondary N) is 1. The molecule has 0 saturated carbocycles. The largest absolute Gasteiger partial charge is 0.370 e. The Morgan fingerprint density at radius 1 is 1.41 bits per heavy atom. The molecule has 3 nitrogen and oxygen atoms in total. The second-order valence-electron chi connectivity index (χ2n) is 3.27. The van der Waals surface area contributed by atoms with Crippen LogP contribution in [0.2, 0.25) is 5.15 Å². The number of benzene rings is 1. The zero-order chi connectivity index (χ0) is 12.3. The zero-order valence-electron chi connectivity index (χ0n) is 8.58. The van der Waals surface area contributed by atoms with E-state index in [-0.39, 0.29) is 5.15 Å². The minimum atomic E-state index is 0.260. The van der Waals surface area contributed by atoms with Crippen molar-refractivity contribution in [1.29, 1.82) is 5.26 Å². The molecule has 0 amide bonds. The Labute approximate surface area is 116 Å². The lowest BCUT2D eigenvalue weighted by molar-refractivity contribution is 1.16. The van der Waals surface area contributed by atoms with Gasteiger partial charge < -0.3 is 5.32 Å². The van der Waals surface area contributed by atoms with Crippen LogP contribution < -0.4 is 5.32 Å². The molecule has 0 spiro atoms. The summed E-state index contributed by atoms with van der Waals surface area (Å²) in [6, 6.07) is 9.99. The molecule has 1 heterocycles. The normalized spacial score (nSPS) is 9.94. The van der Waals surface area contributed by atoms with E-state index in [0.29, 0.717) is 17.1 Å². The van der Waals surface area contributed by atoms with Crippen LogP contribution in [0.4, 0.5) is 5.00 Å². The van der Waals surface area contributed by atoms with Gasteiger partial charge in [0.2, 0.25) is 0 Å². The summed E-state index contributed by atoms with van der Waals surface area (Å²) >= 11 is 10.4. The summed E-state index contributed by atoms with van der Waals surface area (Å²) < 4.78 is 4.97. The third-order valence-electron chi connectivity index (χ3n) is 2.13. The van der Waals surface area contributed by atoms with Gasteiger partial charge in [-0.2, -0.15) is 9.64 Å². The molecule has 6 heteroatoms. The average Bonchev–Trinajstić information content (AvgIpc) is 2.69. The number of nitriles is 1. The standard InChI is InChI=1S/C11H7BrClN3S/c12-8-3-1-7(2-4-8)6-15-11-9(5-14)10(13)16-17-11/h1-4,15H,6H2. The molecular formula is C11H7BrClN3S. The third-order valence-corrected chi connectivity index (χ3v) is 3.84. The smallest absolute Gasteiger partial charge is 0.162 e. The maximum atomic E-state index is 8.91. The number of aromatic nitrogens is 1. The fourth-order valence-corrected chi connectivity index (χ4v) is 2.47. The lowest BCUT2D eigenvalue weighted by Gasteiger charge is -2.03. The van der Waals surface area contributed by atoms with Gasteiger partial charge in [-0.15, -0.1) is 0 Å². The summed E-state index contributed by atoms with van der Waals surface area (Å²) in [4.78, 5) is 0. The number of hydrogen-bond acceptors (Lipinski definition) is 4. The second-order valence-corrected chi connectivity index (χ2v) is 5.32. The van der Waals surface area contributed by atoms with E-state index in [4.69, 9.17) is 16.9 Å². The van der Waals surface area contributed by atoms with E-state index in [0.717, 1.165) is 10.0 Å². The van der Waals surface area contributed by atoms with Crippen molar-refractivity contribution >= 4 is 44.1 Å². The molecule has 2 aromatic rings. The van der Waals surface area contributed by atoms with Gasteiger partial charge >= 0.3 is 0 Å². The Morgan fingerprint density at radius 2 is 2.12 bits per heavy atom. The van der Waals surface area contributed by atoms with Gasteiger partial charge in [0, 0.05) is 11.0 Å². The monoisotopic (exact) mass is 327 g/mol. The first-order chi connectivity index (χ1) is 8.20. The Kier molecular flexibility index (Phi) is 4.00. The zero-order valence-corrected chi connectivity index (χ0v) is 11.7. The molecule has 0 aliphatic heterocycles. The highest BCUT2D eigenvalue weighted by Gasteiger charge is 2.10. The molecule has 86 valence electrons. The summed E-state index contributed by atoms with van der Waals surface area (Å²) in [7, 11) is 0. The number of rotatable bonds is 3. The average molecular weight is 329 g/mol. The Hall–Kier alpha value is -1.09. The number of nitrogens with zero attached hydrogens (tertiary/aromatic N) is 2. The van der Waals surface area contributed by atoms with Crippen LogP contribution in [0.15, 0.2) is 28.7 Å². The highest BCUT2D eigenvalue weighted by molar-refractivity contribution is 9.10. The van der Waals surface area contributed by atoms with Crippen molar-refractivity contribution in [2.24, 2.45) is 0 Å². The van der Waals surface area contributed by atoms with Gasteiger partial charge in [-0.3, -0.25) is 0 Å². The van der Waals surface area contributed by atoms with Crippen molar-refractivity contribution in [3.8, 4) is 6.07 Å². The van der Waals surface area contributed by atoms with Gasteiger partial charge in [-0.05, 0) is 29.2 Å². The minimum Gasteiger partial charge on any atom is -0.370 e. The summed E-state index contributed by atoms with van der Waals surface area (Å²) in [6.45, 7) is 0.639. The molecule has 0 aliphatic rings. The molecule has 1 N–H and O–H groups in total. The number of hydrogen-bond donors (Lipinski definition) is 1. The van der Waals surface area contributed by atoms with Crippen molar-refractivity contribution in [1.82, 2.24) is 4.37 Å². The first-order valence-electron chi connectivity index (χ1n) is 4.74. The SMILES string of the molecule is N#Cc1c(Cl)nsc1NCc1ccc(Br)cc1. The Balaban J connectivity index is 2.08. The van der Waals surface area contributed by atoms with Crippen molar-refractivity contribution in [3.05, 3.63) is 45.0 Å². The van der Waals surface area contributed by atoms with Crippen molar-refractivity contribution in [3.63, 3.8) is 0 Å². The lowest BCUT2D eigenvalue weighted by Crippen LogP contribution is -1.98. The molecule has 17 heavy (non-hydrogen) atoms. The molecule has 1 aromatic heterocycles. The maximum Gasteiger partial charge on any atom is 0.162 e. The molecule has 1 aromatic carbocycles. The molecule has 0 saturated heterocycles. The van der Waals surface area contributed by atoms with Gasteiger partial charge in [-0.25, -0.2) is 0 Å². The molecule has 0 aliphatic carbocycles. The van der Waals surface area contributed by atoms with Crippen LogP contribution >= 0.6 is 39.1 Å². The topological polar surface area (TPSA) is 48.7 Å². The summed E-state index contributed by atoms with van der Waals surface area (Å²) in [5.41, 5.74) is 1.54. The summed E-state index contributed by atoms with van der Waals surface area (Å²) in [5.74, 6) is 0. The van der Waals surface area contributed by atoms with Crippen LogP contribution in [-0.4, -0.2) is 4.37 Å². The van der Waals surface area contributed by atoms with E-state index in [1.54, 1.807) is 0 Å². The highest BCUT2D eigenvalue weighted by Crippen LogP contribution is 2.27. The van der Waals surface area contributed by atoms with E-state index < -0.39 is 0 Å². The van der Waals surface area contributed by atoms with Gasteiger partial charge in [-0.1, -0.05) is 39.7 Å². The van der Waals surface area contributed by atoms with Gasteiger partial charge in [0.05, 0.1) is 0 Å². The maximum absolute atomic E-state index is 8.91. The lowest BCUT2D eigenvalue weighted by atomic mass is 10.2. The van der Waals surface area contributed by atoms with E-state index in [2.05, 4.69) is 25.6 Å². The highest BCUT2D eigenvalue weighted by atomic mass is 79.9. The quantitative estimate of drug-likeness (QED) is 0.925. The van der Waals surface area contributed by atoms with Crippen molar-refractivity contribution in [2.75, 3.05) is 5.32 Å². The number of halogens is 2. The molecule has 0 radical (unpaired) electrons. The fourth-order valence-electron chi connectivity index (χ4n) is 1.27. The fraction of sp³-hybridized carbons (Fsp3) is 0.0909. The van der Waals surface area contributed by atoms with Crippen LogP contribution in [-0.2, 0) is 6.54 Å². The van der Waals surface area contributed by atoms with Gasteiger partial charge in [0.25, 0.3) is 0 Å². The molecule has 2 rings (SSSR count). The van der Waals surface area contributed by atoms with E-state index in [1.165, 1.54) is 11.5 Å². The minimum absolute atomic E-state index is 0.260. The van der Waals surface area contributed by atoms with Crippen LogP contribution in [0.3, 0.4) is 0 Å². The Morgan fingerprint density at radius 3 is 2.76 bits per heavy atom. The molecular weight excluding hydrogens is 322 g/mol. The molecule has 0 fully saturated rings. The molecule has 0 bridgehead atoms. The Bertz CT molecular complexity index is 559. The number of anilines is 1. The van der Waals surface area contributed by atoms with Gasteiger partial charge in [0.15, 0.2) is 5.15 Å².